The van der Waals surface area contributed by atoms with Crippen LogP contribution in [0.2, 0.25) is 0 Å². The van der Waals surface area contributed by atoms with Crippen LogP contribution < -0.4 is 0 Å². The predicted molar refractivity (Wildman–Crippen MR) is 194 cm³/mol. The zero-order valence-corrected chi connectivity index (χ0v) is 30.8. The number of halogens is 2. The van der Waals surface area contributed by atoms with Crippen molar-refractivity contribution in [1.82, 2.24) is 0 Å². The smallest absolute Gasteiger partial charge is 0.199 e. The minimum atomic E-state index is -0.729. The van der Waals surface area contributed by atoms with Crippen molar-refractivity contribution in [1.29, 1.82) is 0 Å². The molecule has 10 rings (SSSR count). The van der Waals surface area contributed by atoms with E-state index >= 15 is 0 Å². The van der Waals surface area contributed by atoms with E-state index < -0.39 is 64.2 Å². The van der Waals surface area contributed by atoms with Gasteiger partial charge in [-0.2, -0.15) is 0 Å². The number of methoxy groups -OCH3 is 3. The number of ether oxygens (including phenoxy) is 13. The lowest BCUT2D eigenvalue weighted by Crippen LogP contribution is -2.60. The van der Waals surface area contributed by atoms with Crippen LogP contribution in [0, 0.1) is 0 Å². The molecule has 9 fully saturated rings. The van der Waals surface area contributed by atoms with Gasteiger partial charge in [0.1, 0.15) is 59.5 Å². The summed E-state index contributed by atoms with van der Waals surface area (Å²) in [6, 6.07) is 0. The van der Waals surface area contributed by atoms with Gasteiger partial charge in [-0.15, -0.1) is 0 Å². The van der Waals surface area contributed by atoms with Crippen LogP contribution in [0.15, 0.2) is 11.1 Å². The number of rotatable bonds is 3. The molecule has 7 aliphatic heterocycles. The van der Waals surface area contributed by atoms with Crippen LogP contribution in [-0.2, 0) is 61.6 Å². The van der Waals surface area contributed by atoms with Crippen LogP contribution in [0.5, 0.6) is 0 Å². The zero-order valence-electron chi connectivity index (χ0n) is 29.3. The molecule has 1 N–H and O–H groups in total. The summed E-state index contributed by atoms with van der Waals surface area (Å²) >= 11 is 12.5. The summed E-state index contributed by atoms with van der Waals surface area (Å²) in [4.78, 5) is 0. The topological polar surface area (TPSA) is 144 Å². The Bertz CT molecular complexity index is 1370. The molecule has 3 aliphatic carbocycles. The maximum absolute atomic E-state index is 9.91. The van der Waals surface area contributed by atoms with Gasteiger partial charge in [-0.05, 0) is 54.4 Å². The van der Waals surface area contributed by atoms with Gasteiger partial charge < -0.3 is 66.7 Å². The average Bonchev–Trinajstić information content (AvgIpc) is 3.65. The number of fused-ring (bicyclic) bond motifs is 8. The van der Waals surface area contributed by atoms with Crippen molar-refractivity contribution in [2.45, 2.75) is 204 Å². The molecule has 310 valence electrons. The molecule has 0 bridgehead atoms. The number of hydrogen-bond donors (Lipinski definition) is 1. The largest absolute Gasteiger partial charge is 0.390 e. The summed E-state index contributed by atoms with van der Waals surface area (Å²) in [5.74, 6) is -1.86. The van der Waals surface area contributed by atoms with E-state index in [-0.39, 0.29) is 72.4 Å². The SMILES string of the molecule is C.C.C.C.CO[C@@H]1O[C@@]2(CC3OC32Cl)[C@@H]2OC(C)(C)OC12.CO[C@@H]1O[C@@]2(CC=C2Cl)[C@@H]2OC(C)(C)OC12.CO[C@@H]1O[C@@]2(CC[C@H]2O)[C@@H]2OC(C)(C)OC12. The number of alkyl halides is 1. The molecule has 2 saturated carbocycles. The molecule has 0 amide bonds. The normalized spacial score (nSPS) is 51.0. The maximum Gasteiger partial charge on any atom is 0.199 e. The van der Waals surface area contributed by atoms with Gasteiger partial charge in [0.15, 0.2) is 41.3 Å². The highest BCUT2D eigenvalue weighted by Gasteiger charge is 2.87. The summed E-state index contributed by atoms with van der Waals surface area (Å²) in [6.07, 6.45) is 2.00. The third-order valence-electron chi connectivity index (χ3n) is 11.4. The van der Waals surface area contributed by atoms with Crippen LogP contribution >= 0.6 is 23.2 Å². The van der Waals surface area contributed by atoms with Gasteiger partial charge in [-0.25, -0.2) is 0 Å². The van der Waals surface area contributed by atoms with E-state index in [1.54, 1.807) is 21.3 Å². The first-order valence-corrected chi connectivity index (χ1v) is 17.7. The Labute approximate surface area is 325 Å². The van der Waals surface area contributed by atoms with Crippen LogP contribution in [0.3, 0.4) is 0 Å². The van der Waals surface area contributed by atoms with Crippen LogP contribution in [0.25, 0.3) is 0 Å². The third kappa shape index (κ3) is 6.56. The quantitative estimate of drug-likeness (QED) is 0.275. The van der Waals surface area contributed by atoms with Gasteiger partial charge in [0.2, 0.25) is 0 Å². The number of aliphatic hydroxyl groups is 1. The van der Waals surface area contributed by atoms with E-state index in [9.17, 15) is 5.11 Å². The molecule has 0 radical (unpaired) electrons. The Hall–Kier alpha value is -0.240. The molecule has 15 atom stereocenters. The fourth-order valence-corrected chi connectivity index (χ4v) is 9.57. The summed E-state index contributed by atoms with van der Waals surface area (Å²) < 4.78 is 73.9. The second-order valence-electron chi connectivity index (χ2n) is 15.7. The maximum atomic E-state index is 9.91. The lowest BCUT2D eigenvalue weighted by molar-refractivity contribution is -0.289. The van der Waals surface area contributed by atoms with Crippen LogP contribution in [0.1, 0.15) is 96.9 Å². The third-order valence-corrected chi connectivity index (χ3v) is 12.5. The van der Waals surface area contributed by atoms with E-state index in [0.717, 1.165) is 25.7 Å². The van der Waals surface area contributed by atoms with Crippen LogP contribution in [0.4, 0.5) is 0 Å². The first kappa shape index (κ1) is 45.5. The molecule has 0 aromatic carbocycles. The molecule has 0 aromatic rings. The van der Waals surface area contributed by atoms with Crippen molar-refractivity contribution < 1.29 is 66.7 Å². The summed E-state index contributed by atoms with van der Waals surface area (Å²) in [6.45, 7) is 11.3. The fourth-order valence-electron chi connectivity index (χ4n) is 8.85. The Morgan fingerprint density at radius 3 is 1.51 bits per heavy atom. The highest BCUT2D eigenvalue weighted by Crippen LogP contribution is 2.70. The van der Waals surface area contributed by atoms with Crippen molar-refractivity contribution in [3.63, 3.8) is 0 Å². The van der Waals surface area contributed by atoms with Gasteiger partial charge >= 0.3 is 0 Å². The molecular weight excluding hydrogens is 739 g/mol. The summed E-state index contributed by atoms with van der Waals surface area (Å²) in [5.41, 5.74) is -1.77. The van der Waals surface area contributed by atoms with E-state index in [1.165, 1.54) is 0 Å². The van der Waals surface area contributed by atoms with Gasteiger partial charge in [0, 0.05) is 39.2 Å². The van der Waals surface area contributed by atoms with Gasteiger partial charge in [0.05, 0.1) is 6.10 Å². The second-order valence-corrected chi connectivity index (χ2v) is 16.7. The Balaban J connectivity index is 0.000000171. The Kier molecular flexibility index (Phi) is 12.5. The highest BCUT2D eigenvalue weighted by atomic mass is 35.5. The first-order chi connectivity index (χ1) is 22.9. The summed E-state index contributed by atoms with van der Waals surface area (Å²) in [7, 11) is 4.78. The van der Waals surface area contributed by atoms with Crippen molar-refractivity contribution in [2.75, 3.05) is 21.3 Å². The van der Waals surface area contributed by atoms with E-state index in [0.29, 0.717) is 5.03 Å². The second kappa shape index (κ2) is 14.5. The van der Waals surface area contributed by atoms with E-state index in [4.69, 9.17) is 84.8 Å². The molecule has 5 unspecified atom stereocenters. The first-order valence-electron chi connectivity index (χ1n) is 17.0. The molecular formula is C37H64Cl2O14. The zero-order chi connectivity index (χ0) is 35.2. The average molecular weight is 804 g/mol. The fraction of sp³-hybridized carbons (Fsp3) is 0.946. The van der Waals surface area contributed by atoms with Crippen LogP contribution in [-0.4, -0.2) is 133 Å². The molecule has 0 aromatic heterocycles. The van der Waals surface area contributed by atoms with Gasteiger partial charge in [0.25, 0.3) is 0 Å². The number of hydrogen-bond acceptors (Lipinski definition) is 14. The van der Waals surface area contributed by atoms with Gasteiger partial charge in [-0.1, -0.05) is 59.0 Å². The molecule has 7 heterocycles. The van der Waals surface area contributed by atoms with E-state index in [1.807, 2.05) is 47.6 Å². The standard InChI is InChI=1S/C11H15ClO5.C11H15ClO4.C11H18O5.4CH4/c1-9(2)15-6-7(16-9)10(17-8(6)13-3)4-5-11(10,12)14-5;2*1-10(2)14-7-8(15-10)11(5-4-6(11)12)16-9(7)13-3;;;;/h5-8H,4H2,1-3H3;4,7-9H,5H2,1-3H3;6-9,12H,4-5H2,1-3H3;4*1H4/t5?,6?,7-,8-,10+,11?;7?,8-,9-,11-;6-,7?,8-,9-,11-;;;;/m111..../s1. The van der Waals surface area contributed by atoms with Crippen molar-refractivity contribution >= 4 is 23.2 Å². The number of aliphatic hydroxyl groups excluding tert-OH is 1. The molecule has 14 nitrogen and oxygen atoms in total. The van der Waals surface area contributed by atoms with Crippen molar-refractivity contribution in [3.05, 3.63) is 11.1 Å². The minimum Gasteiger partial charge on any atom is -0.390 e. The molecule has 53 heavy (non-hydrogen) atoms. The predicted octanol–water partition coefficient (Wildman–Crippen LogP) is 5.71. The molecule has 10 aliphatic rings. The van der Waals surface area contributed by atoms with Gasteiger partial charge in [-0.3, -0.25) is 0 Å². The molecule has 7 saturated heterocycles. The molecule has 16 heteroatoms. The Morgan fingerprint density at radius 2 is 1.11 bits per heavy atom. The van der Waals surface area contributed by atoms with E-state index in [2.05, 4.69) is 0 Å². The molecule has 3 spiro atoms. The monoisotopic (exact) mass is 802 g/mol. The summed E-state index contributed by atoms with van der Waals surface area (Å²) in [5, 5.41) is 9.88. The lowest BCUT2D eigenvalue weighted by Gasteiger charge is -2.45. The van der Waals surface area contributed by atoms with Crippen molar-refractivity contribution in [3.8, 4) is 0 Å². The minimum absolute atomic E-state index is 0. The Morgan fingerprint density at radius 1 is 0.642 bits per heavy atom. The van der Waals surface area contributed by atoms with Crippen molar-refractivity contribution in [2.24, 2.45) is 0 Å². The highest BCUT2D eigenvalue weighted by molar-refractivity contribution is 6.31. The number of epoxide rings is 1. The lowest BCUT2D eigenvalue weighted by atomic mass is 9.73.